The number of hydrazine groups is 1. The van der Waals surface area contributed by atoms with Crippen molar-refractivity contribution < 1.29 is 0 Å². The van der Waals surface area contributed by atoms with Crippen LogP contribution in [0.1, 0.15) is 19.7 Å². The van der Waals surface area contributed by atoms with E-state index in [9.17, 15) is 0 Å². The molecule has 0 aliphatic heterocycles. The van der Waals surface area contributed by atoms with Gasteiger partial charge in [0.25, 0.3) is 0 Å². The van der Waals surface area contributed by atoms with Crippen LogP contribution in [0.2, 0.25) is 0 Å². The van der Waals surface area contributed by atoms with Crippen molar-refractivity contribution in [1.29, 1.82) is 0 Å². The predicted octanol–water partition coefficient (Wildman–Crippen LogP) is -0.154. The molecule has 0 aromatic carbocycles. The van der Waals surface area contributed by atoms with E-state index in [1.54, 1.807) is 11.0 Å². The van der Waals surface area contributed by atoms with Crippen LogP contribution >= 0.6 is 0 Å². The summed E-state index contributed by atoms with van der Waals surface area (Å²) < 4.78 is 1.77. The van der Waals surface area contributed by atoms with Gasteiger partial charge in [-0.3, -0.25) is 16.0 Å². The minimum atomic E-state index is 0.253. The van der Waals surface area contributed by atoms with Crippen LogP contribution in [0.5, 0.6) is 0 Å². The summed E-state index contributed by atoms with van der Waals surface area (Å²) in [6, 6.07) is 0.253. The van der Waals surface area contributed by atoms with Crippen molar-refractivity contribution in [3.63, 3.8) is 0 Å². The first kappa shape index (κ1) is 10.1. The molecular formula is C8H17N5. The lowest BCUT2D eigenvalue weighted by molar-refractivity contribution is 0.393. The molecule has 13 heavy (non-hydrogen) atoms. The third-order valence-electron chi connectivity index (χ3n) is 2.23. The van der Waals surface area contributed by atoms with E-state index >= 15 is 0 Å². The van der Waals surface area contributed by atoms with Gasteiger partial charge in [0.1, 0.15) is 12.2 Å². The second-order valence-corrected chi connectivity index (χ2v) is 3.52. The van der Waals surface area contributed by atoms with E-state index in [1.165, 1.54) is 0 Å². The number of nitrogens with zero attached hydrogens (tertiary/aromatic N) is 3. The predicted molar refractivity (Wildman–Crippen MR) is 50.7 cm³/mol. The molecular weight excluding hydrogens is 166 g/mol. The maximum atomic E-state index is 5.43. The monoisotopic (exact) mass is 183 g/mol. The molecule has 5 heteroatoms. The molecule has 0 fully saturated rings. The van der Waals surface area contributed by atoms with E-state index in [-0.39, 0.29) is 6.04 Å². The molecule has 0 saturated heterocycles. The van der Waals surface area contributed by atoms with Gasteiger partial charge in [0.15, 0.2) is 0 Å². The summed E-state index contributed by atoms with van der Waals surface area (Å²) in [6.07, 6.45) is 2.37. The highest BCUT2D eigenvalue weighted by molar-refractivity contribution is 4.89. The minimum Gasteiger partial charge on any atom is -0.271 e. The highest BCUT2D eigenvalue weighted by Crippen LogP contribution is 2.06. The summed E-state index contributed by atoms with van der Waals surface area (Å²) in [4.78, 5) is 4.14. The smallest absolute Gasteiger partial charge is 0.138 e. The lowest BCUT2D eigenvalue weighted by Crippen LogP contribution is -2.41. The highest BCUT2D eigenvalue weighted by Gasteiger charge is 2.14. The van der Waals surface area contributed by atoms with Crippen LogP contribution in [0.3, 0.4) is 0 Å². The maximum absolute atomic E-state index is 5.43. The zero-order valence-electron chi connectivity index (χ0n) is 8.36. The van der Waals surface area contributed by atoms with Crippen molar-refractivity contribution in [2.75, 3.05) is 0 Å². The lowest BCUT2D eigenvalue weighted by Gasteiger charge is -2.18. The summed E-state index contributed by atoms with van der Waals surface area (Å²) in [6.45, 7) is 4.25. The average Bonchev–Trinajstić information content (AvgIpc) is 2.46. The molecule has 5 nitrogen and oxygen atoms in total. The molecule has 1 atom stereocenters. The van der Waals surface area contributed by atoms with Crippen LogP contribution < -0.4 is 11.3 Å². The summed E-state index contributed by atoms with van der Waals surface area (Å²) in [5.74, 6) is 6.88. The molecule has 0 spiro atoms. The van der Waals surface area contributed by atoms with Gasteiger partial charge in [-0.25, -0.2) is 4.98 Å². The van der Waals surface area contributed by atoms with Crippen LogP contribution in [-0.4, -0.2) is 20.8 Å². The van der Waals surface area contributed by atoms with Gasteiger partial charge in [-0.15, -0.1) is 0 Å². The lowest BCUT2D eigenvalue weighted by atomic mass is 10.0. The molecule has 1 heterocycles. The standard InChI is InChI=1S/C8H17N5/c1-6(2)7(12-9)4-8-10-5-11-13(8)3/h5-7,12H,4,9H2,1-3H3. The Balaban J connectivity index is 2.62. The van der Waals surface area contributed by atoms with Crippen molar-refractivity contribution in [1.82, 2.24) is 20.2 Å². The molecule has 0 aliphatic carbocycles. The van der Waals surface area contributed by atoms with Crippen LogP contribution in [0.4, 0.5) is 0 Å². The largest absolute Gasteiger partial charge is 0.271 e. The molecule has 3 N–H and O–H groups in total. The van der Waals surface area contributed by atoms with Crippen LogP contribution in [0, 0.1) is 5.92 Å². The third-order valence-corrected chi connectivity index (χ3v) is 2.23. The quantitative estimate of drug-likeness (QED) is 0.503. The number of aryl methyl sites for hydroxylation is 1. The Morgan fingerprint density at radius 2 is 2.31 bits per heavy atom. The zero-order chi connectivity index (χ0) is 9.84. The van der Waals surface area contributed by atoms with Crippen LogP contribution in [0.25, 0.3) is 0 Å². The van der Waals surface area contributed by atoms with E-state index in [0.717, 1.165) is 12.2 Å². The van der Waals surface area contributed by atoms with Crippen LogP contribution in [-0.2, 0) is 13.5 Å². The van der Waals surface area contributed by atoms with E-state index in [4.69, 9.17) is 5.84 Å². The highest BCUT2D eigenvalue weighted by atomic mass is 15.3. The molecule has 0 bridgehead atoms. The fourth-order valence-corrected chi connectivity index (χ4v) is 1.19. The summed E-state index contributed by atoms with van der Waals surface area (Å²) in [5, 5.41) is 4.00. The molecule has 1 aromatic rings. The summed E-state index contributed by atoms with van der Waals surface area (Å²) >= 11 is 0. The van der Waals surface area contributed by atoms with Crippen molar-refractivity contribution in [3.8, 4) is 0 Å². The molecule has 0 radical (unpaired) electrons. The molecule has 0 amide bonds. The van der Waals surface area contributed by atoms with Crippen LogP contribution in [0.15, 0.2) is 6.33 Å². The Bertz CT molecular complexity index is 255. The fraction of sp³-hybridized carbons (Fsp3) is 0.750. The van der Waals surface area contributed by atoms with Gasteiger partial charge in [0, 0.05) is 19.5 Å². The normalized spacial score (nSPS) is 13.6. The van der Waals surface area contributed by atoms with Crippen molar-refractivity contribution in [3.05, 3.63) is 12.2 Å². The average molecular weight is 183 g/mol. The van der Waals surface area contributed by atoms with Gasteiger partial charge in [0.2, 0.25) is 0 Å². The first-order chi connectivity index (χ1) is 6.15. The Hall–Kier alpha value is -0.940. The van der Waals surface area contributed by atoms with Gasteiger partial charge < -0.3 is 0 Å². The first-order valence-electron chi connectivity index (χ1n) is 4.44. The van der Waals surface area contributed by atoms with Gasteiger partial charge in [0.05, 0.1) is 0 Å². The molecule has 1 aromatic heterocycles. The summed E-state index contributed by atoms with van der Waals surface area (Å²) in [7, 11) is 1.89. The second-order valence-electron chi connectivity index (χ2n) is 3.52. The van der Waals surface area contributed by atoms with Gasteiger partial charge in [-0.1, -0.05) is 13.8 Å². The van der Waals surface area contributed by atoms with Crippen molar-refractivity contribution in [2.45, 2.75) is 26.3 Å². The van der Waals surface area contributed by atoms with E-state index < -0.39 is 0 Å². The number of hydrogen-bond acceptors (Lipinski definition) is 4. The molecule has 0 aliphatic rings. The van der Waals surface area contributed by atoms with Gasteiger partial charge in [-0.2, -0.15) is 5.10 Å². The fourth-order valence-electron chi connectivity index (χ4n) is 1.19. The van der Waals surface area contributed by atoms with Crippen molar-refractivity contribution >= 4 is 0 Å². The second kappa shape index (κ2) is 4.34. The first-order valence-corrected chi connectivity index (χ1v) is 4.44. The number of hydrogen-bond donors (Lipinski definition) is 2. The Morgan fingerprint density at radius 1 is 1.62 bits per heavy atom. The Kier molecular flexibility index (Phi) is 3.39. The number of nitrogens with two attached hydrogens (primary N) is 1. The van der Waals surface area contributed by atoms with Gasteiger partial charge >= 0.3 is 0 Å². The molecule has 1 rings (SSSR count). The summed E-state index contributed by atoms with van der Waals surface area (Å²) in [5.41, 5.74) is 2.79. The van der Waals surface area contributed by atoms with E-state index in [2.05, 4.69) is 29.4 Å². The van der Waals surface area contributed by atoms with E-state index in [1.807, 2.05) is 7.05 Å². The minimum absolute atomic E-state index is 0.253. The number of aromatic nitrogens is 3. The number of nitrogens with one attached hydrogen (secondary N) is 1. The number of rotatable bonds is 4. The van der Waals surface area contributed by atoms with Crippen molar-refractivity contribution in [2.24, 2.45) is 18.8 Å². The topological polar surface area (TPSA) is 68.8 Å². The van der Waals surface area contributed by atoms with Gasteiger partial charge in [-0.05, 0) is 5.92 Å². The zero-order valence-corrected chi connectivity index (χ0v) is 8.36. The Labute approximate surface area is 78.3 Å². The SMILES string of the molecule is CC(C)C(Cc1ncnn1C)NN. The molecule has 74 valence electrons. The molecule has 0 saturated carbocycles. The third kappa shape index (κ3) is 2.50. The molecule has 1 unspecified atom stereocenters. The Morgan fingerprint density at radius 3 is 2.69 bits per heavy atom. The maximum Gasteiger partial charge on any atom is 0.138 e. The van der Waals surface area contributed by atoms with E-state index in [0.29, 0.717) is 5.92 Å².